The summed E-state index contributed by atoms with van der Waals surface area (Å²) in [6, 6.07) is 9.12. The van der Waals surface area contributed by atoms with Gasteiger partial charge in [-0.15, -0.1) is 0 Å². The van der Waals surface area contributed by atoms with Crippen molar-refractivity contribution < 1.29 is 27.2 Å². The van der Waals surface area contributed by atoms with Gasteiger partial charge in [-0.3, -0.25) is 9.59 Å². The zero-order valence-electron chi connectivity index (χ0n) is 21.9. The molecule has 0 aliphatic carbocycles. The Morgan fingerprint density at radius 3 is 2.28 bits per heavy atom. The molecule has 0 saturated carbocycles. The van der Waals surface area contributed by atoms with Gasteiger partial charge in [0.2, 0.25) is 11.8 Å². The van der Waals surface area contributed by atoms with Crippen molar-refractivity contribution in [3.63, 3.8) is 0 Å². The third kappa shape index (κ3) is 9.79. The SMILES string of the molecule is CCCC(NC(=O)Cc1cc(F)cc(F)c1)C(=O)Nc1ccc(CCC(C)NCc2ccc(F)cc2F)cn1. The van der Waals surface area contributed by atoms with Crippen LogP contribution in [0.4, 0.5) is 23.4 Å². The lowest BCUT2D eigenvalue weighted by atomic mass is 10.1. The number of rotatable bonds is 13. The minimum atomic E-state index is -0.833. The fourth-order valence-electron chi connectivity index (χ4n) is 4.00. The lowest BCUT2D eigenvalue weighted by molar-refractivity contribution is -0.126. The Bertz CT molecular complexity index is 1250. The van der Waals surface area contributed by atoms with Gasteiger partial charge in [0.25, 0.3) is 0 Å². The summed E-state index contributed by atoms with van der Waals surface area (Å²) < 4.78 is 53.6. The first-order valence-corrected chi connectivity index (χ1v) is 12.8. The summed E-state index contributed by atoms with van der Waals surface area (Å²) in [5.74, 6) is -3.39. The molecule has 0 aliphatic rings. The largest absolute Gasteiger partial charge is 0.344 e. The van der Waals surface area contributed by atoms with E-state index in [4.69, 9.17) is 0 Å². The molecule has 0 bridgehead atoms. The number of pyridine rings is 1. The van der Waals surface area contributed by atoms with Crippen LogP contribution in [0.25, 0.3) is 0 Å². The van der Waals surface area contributed by atoms with E-state index in [9.17, 15) is 27.2 Å². The van der Waals surface area contributed by atoms with Crippen molar-refractivity contribution in [1.29, 1.82) is 0 Å². The smallest absolute Gasteiger partial charge is 0.248 e. The highest BCUT2D eigenvalue weighted by Gasteiger charge is 2.21. The van der Waals surface area contributed by atoms with Gasteiger partial charge in [0.1, 0.15) is 35.1 Å². The number of aryl methyl sites for hydroxylation is 1. The van der Waals surface area contributed by atoms with E-state index in [0.29, 0.717) is 30.6 Å². The molecular weight excluding hydrogens is 512 g/mol. The molecule has 1 aromatic heterocycles. The third-order valence-electron chi connectivity index (χ3n) is 6.11. The van der Waals surface area contributed by atoms with Gasteiger partial charge in [0, 0.05) is 36.5 Å². The van der Waals surface area contributed by atoms with Crippen LogP contribution in [-0.4, -0.2) is 28.9 Å². The van der Waals surface area contributed by atoms with Crippen molar-refractivity contribution in [2.45, 2.75) is 64.6 Å². The molecule has 0 saturated heterocycles. The first-order chi connectivity index (χ1) is 18.6. The van der Waals surface area contributed by atoms with Crippen LogP contribution < -0.4 is 16.0 Å². The molecule has 2 amide bonds. The number of benzene rings is 2. The minimum Gasteiger partial charge on any atom is -0.344 e. The summed E-state index contributed by atoms with van der Waals surface area (Å²) in [7, 11) is 0. The highest BCUT2D eigenvalue weighted by molar-refractivity contribution is 5.96. The standard InChI is InChI=1S/C29H32F4N4O2/c1-3-4-26(36-28(38)13-20-11-23(31)14-24(32)12-20)29(39)37-27-10-7-19(16-35-27)6-5-18(2)34-17-21-8-9-22(30)15-25(21)33/h7-12,14-16,18,26,34H,3-6,13,17H2,1-2H3,(H,36,38)(H,35,37,39). The average molecular weight is 545 g/mol. The van der Waals surface area contributed by atoms with E-state index in [1.807, 2.05) is 19.9 Å². The second-order valence-corrected chi connectivity index (χ2v) is 9.46. The summed E-state index contributed by atoms with van der Waals surface area (Å²) in [5.41, 5.74) is 1.51. The van der Waals surface area contributed by atoms with Gasteiger partial charge in [-0.2, -0.15) is 0 Å². The molecule has 0 spiro atoms. The maximum atomic E-state index is 13.8. The lowest BCUT2D eigenvalue weighted by Gasteiger charge is -2.18. The molecule has 2 atom stereocenters. The van der Waals surface area contributed by atoms with E-state index < -0.39 is 41.1 Å². The number of nitrogens with zero attached hydrogens (tertiary/aromatic N) is 1. The fourth-order valence-corrected chi connectivity index (χ4v) is 4.00. The molecule has 1 heterocycles. The molecule has 2 unspecified atom stereocenters. The highest BCUT2D eigenvalue weighted by atomic mass is 19.1. The van der Waals surface area contributed by atoms with E-state index in [1.165, 1.54) is 12.1 Å². The topological polar surface area (TPSA) is 83.1 Å². The zero-order valence-corrected chi connectivity index (χ0v) is 21.9. The quantitative estimate of drug-likeness (QED) is 0.258. The molecule has 3 aromatic rings. The number of hydrogen-bond donors (Lipinski definition) is 3. The Labute approximate surface area is 225 Å². The molecule has 3 N–H and O–H groups in total. The Hall–Kier alpha value is -3.79. The van der Waals surface area contributed by atoms with Crippen LogP contribution in [0.2, 0.25) is 0 Å². The molecule has 39 heavy (non-hydrogen) atoms. The van der Waals surface area contributed by atoms with Crippen LogP contribution >= 0.6 is 0 Å². The molecule has 6 nitrogen and oxygen atoms in total. The predicted octanol–water partition coefficient (Wildman–Crippen LogP) is 5.22. The number of nitrogens with one attached hydrogen (secondary N) is 3. The predicted molar refractivity (Wildman–Crippen MR) is 141 cm³/mol. The van der Waals surface area contributed by atoms with Crippen molar-refractivity contribution in [1.82, 2.24) is 15.6 Å². The van der Waals surface area contributed by atoms with Gasteiger partial charge < -0.3 is 16.0 Å². The number of hydrogen-bond acceptors (Lipinski definition) is 4. The number of carbonyl (C=O) groups is 2. The molecule has 208 valence electrons. The highest BCUT2D eigenvalue weighted by Crippen LogP contribution is 2.13. The molecule has 3 rings (SSSR count). The fraction of sp³-hybridized carbons (Fsp3) is 0.345. The third-order valence-corrected chi connectivity index (χ3v) is 6.11. The number of carbonyl (C=O) groups excluding carboxylic acids is 2. The van der Waals surface area contributed by atoms with E-state index >= 15 is 0 Å². The summed E-state index contributed by atoms with van der Waals surface area (Å²) >= 11 is 0. The average Bonchev–Trinajstić information content (AvgIpc) is 2.87. The van der Waals surface area contributed by atoms with Crippen LogP contribution in [0.15, 0.2) is 54.7 Å². The van der Waals surface area contributed by atoms with Crippen molar-refractivity contribution in [2.24, 2.45) is 0 Å². The molecule has 0 fully saturated rings. The summed E-state index contributed by atoms with van der Waals surface area (Å²) in [6.07, 6.45) is 3.82. The number of amides is 2. The van der Waals surface area contributed by atoms with Crippen molar-refractivity contribution >= 4 is 17.6 Å². The van der Waals surface area contributed by atoms with Crippen LogP contribution in [-0.2, 0) is 29.0 Å². The maximum Gasteiger partial charge on any atom is 0.248 e. The monoisotopic (exact) mass is 544 g/mol. The van der Waals surface area contributed by atoms with Crippen molar-refractivity contribution in [3.8, 4) is 0 Å². The van der Waals surface area contributed by atoms with Crippen molar-refractivity contribution in [2.75, 3.05) is 5.32 Å². The van der Waals surface area contributed by atoms with E-state index in [-0.39, 0.29) is 24.6 Å². The molecule has 0 aliphatic heterocycles. The van der Waals surface area contributed by atoms with Gasteiger partial charge in [-0.1, -0.05) is 25.5 Å². The normalized spacial score (nSPS) is 12.6. The maximum absolute atomic E-state index is 13.8. The zero-order chi connectivity index (χ0) is 28.4. The van der Waals surface area contributed by atoms with E-state index in [2.05, 4.69) is 20.9 Å². The summed E-state index contributed by atoms with van der Waals surface area (Å²) in [6.45, 7) is 4.12. The Morgan fingerprint density at radius 2 is 1.64 bits per heavy atom. The van der Waals surface area contributed by atoms with Gasteiger partial charge in [-0.25, -0.2) is 22.5 Å². The van der Waals surface area contributed by atoms with Crippen LogP contribution in [0.3, 0.4) is 0 Å². The first-order valence-electron chi connectivity index (χ1n) is 12.8. The molecule has 10 heteroatoms. The van der Waals surface area contributed by atoms with E-state index in [1.54, 1.807) is 12.3 Å². The van der Waals surface area contributed by atoms with Crippen LogP contribution in [0.1, 0.15) is 49.8 Å². The second kappa shape index (κ2) is 14.4. The Kier molecular flexibility index (Phi) is 11.0. The van der Waals surface area contributed by atoms with Crippen LogP contribution in [0, 0.1) is 23.3 Å². The Morgan fingerprint density at radius 1 is 0.897 bits per heavy atom. The van der Waals surface area contributed by atoms with Gasteiger partial charge in [0.05, 0.1) is 6.42 Å². The van der Waals surface area contributed by atoms with Gasteiger partial charge in [0.15, 0.2) is 0 Å². The molecule has 0 radical (unpaired) electrons. The number of aromatic nitrogens is 1. The van der Waals surface area contributed by atoms with Gasteiger partial charge in [-0.05, 0) is 61.6 Å². The number of halogens is 4. The summed E-state index contributed by atoms with van der Waals surface area (Å²) in [4.78, 5) is 29.5. The summed E-state index contributed by atoms with van der Waals surface area (Å²) in [5, 5.41) is 8.54. The van der Waals surface area contributed by atoms with Crippen molar-refractivity contribution in [3.05, 3.63) is 94.7 Å². The minimum absolute atomic E-state index is 0.0658. The van der Waals surface area contributed by atoms with Gasteiger partial charge >= 0.3 is 0 Å². The Balaban J connectivity index is 1.47. The van der Waals surface area contributed by atoms with E-state index in [0.717, 1.165) is 36.2 Å². The lowest BCUT2D eigenvalue weighted by Crippen LogP contribution is -2.44. The molecular formula is C29H32F4N4O2. The second-order valence-electron chi connectivity index (χ2n) is 9.46. The van der Waals surface area contributed by atoms with Crippen LogP contribution in [0.5, 0.6) is 0 Å². The number of anilines is 1. The first kappa shape index (κ1) is 29.8. The molecule has 2 aromatic carbocycles.